The summed E-state index contributed by atoms with van der Waals surface area (Å²) in [4.78, 5) is 5.96. The maximum Gasteiger partial charge on any atom is 0.167 e. The van der Waals surface area contributed by atoms with Gasteiger partial charge in [-0.2, -0.15) is 0 Å². The van der Waals surface area contributed by atoms with Crippen molar-refractivity contribution in [3.05, 3.63) is 41.8 Å². The summed E-state index contributed by atoms with van der Waals surface area (Å²) in [5.74, 6) is 0.433. The second kappa shape index (κ2) is 5.75. The lowest BCUT2D eigenvalue weighted by Crippen LogP contribution is -2.14. The molecule has 1 aromatic carbocycles. The van der Waals surface area contributed by atoms with Crippen molar-refractivity contribution in [2.45, 2.75) is 6.54 Å². The normalized spacial score (nSPS) is 10.8. The van der Waals surface area contributed by atoms with Crippen LogP contribution < -0.4 is 16.2 Å². The molecule has 0 spiro atoms. The fourth-order valence-electron chi connectivity index (χ4n) is 1.78. The molecule has 0 fully saturated rings. The summed E-state index contributed by atoms with van der Waals surface area (Å²) in [5, 5.41) is 0. The number of benzene rings is 1. The van der Waals surface area contributed by atoms with Gasteiger partial charge in [-0.3, -0.25) is 0 Å². The Morgan fingerprint density at radius 3 is 2.60 bits per heavy atom. The van der Waals surface area contributed by atoms with Gasteiger partial charge in [-0.05, 0) is 32.3 Å². The van der Waals surface area contributed by atoms with E-state index in [0.717, 1.165) is 0 Å². The Morgan fingerprint density at radius 2 is 1.95 bits per heavy atom. The summed E-state index contributed by atoms with van der Waals surface area (Å²) in [6.07, 6.45) is 1.53. The number of nitrogens with two attached hydrogens (primary N) is 2. The molecule has 5 nitrogen and oxygen atoms in total. The van der Waals surface area contributed by atoms with Crippen LogP contribution in [0.1, 0.15) is 5.56 Å². The molecule has 0 saturated heterocycles. The molecule has 0 radical (unpaired) electrons. The highest BCUT2D eigenvalue weighted by Gasteiger charge is 2.13. The quantitative estimate of drug-likeness (QED) is 0.837. The van der Waals surface area contributed by atoms with E-state index >= 15 is 0 Å². The third-order valence-electron chi connectivity index (χ3n) is 2.70. The van der Waals surface area contributed by atoms with E-state index in [2.05, 4.69) is 4.98 Å². The van der Waals surface area contributed by atoms with Crippen LogP contribution in [0.4, 0.5) is 15.9 Å². The van der Waals surface area contributed by atoms with E-state index in [-0.39, 0.29) is 5.75 Å². The molecule has 0 unspecified atom stereocenters. The minimum Gasteiger partial charge on any atom is -0.454 e. The predicted molar refractivity (Wildman–Crippen MR) is 76.9 cm³/mol. The Morgan fingerprint density at radius 1 is 1.20 bits per heavy atom. The number of pyridine rings is 1. The fourth-order valence-corrected chi connectivity index (χ4v) is 1.78. The van der Waals surface area contributed by atoms with Gasteiger partial charge in [-0.1, -0.05) is 0 Å². The number of halogens is 1. The molecule has 0 saturated carbocycles. The zero-order valence-corrected chi connectivity index (χ0v) is 11.4. The molecule has 0 aliphatic carbocycles. The molecule has 1 aromatic heterocycles. The zero-order chi connectivity index (χ0) is 14.7. The van der Waals surface area contributed by atoms with Crippen LogP contribution in [-0.2, 0) is 6.54 Å². The van der Waals surface area contributed by atoms with Crippen LogP contribution >= 0.6 is 0 Å². The van der Waals surface area contributed by atoms with Crippen molar-refractivity contribution in [3.63, 3.8) is 0 Å². The number of rotatable bonds is 4. The van der Waals surface area contributed by atoms with Crippen LogP contribution in [0.3, 0.4) is 0 Å². The van der Waals surface area contributed by atoms with E-state index in [1.54, 1.807) is 12.1 Å². The van der Waals surface area contributed by atoms with E-state index in [0.29, 0.717) is 29.4 Å². The maximum absolute atomic E-state index is 13.8. The number of nitrogens with zero attached hydrogens (tertiary/aromatic N) is 2. The maximum atomic E-state index is 13.8. The molecule has 1 heterocycles. The molecule has 2 aromatic rings. The Balaban J connectivity index is 2.35. The average Bonchev–Trinajstić information content (AvgIpc) is 2.36. The van der Waals surface area contributed by atoms with Crippen molar-refractivity contribution in [1.29, 1.82) is 0 Å². The SMILES string of the molecule is CN(C)Cc1c(Oc2ccc(N)cc2F)ccnc1N. The van der Waals surface area contributed by atoms with Crippen LogP contribution in [0.2, 0.25) is 0 Å². The van der Waals surface area contributed by atoms with Gasteiger partial charge in [-0.25, -0.2) is 9.37 Å². The van der Waals surface area contributed by atoms with Gasteiger partial charge in [0, 0.05) is 24.5 Å². The van der Waals surface area contributed by atoms with Gasteiger partial charge < -0.3 is 21.1 Å². The molecule has 0 amide bonds. The highest BCUT2D eigenvalue weighted by Crippen LogP contribution is 2.30. The van der Waals surface area contributed by atoms with Gasteiger partial charge in [0.25, 0.3) is 0 Å². The summed E-state index contributed by atoms with van der Waals surface area (Å²) in [7, 11) is 3.81. The van der Waals surface area contributed by atoms with Gasteiger partial charge in [0.15, 0.2) is 11.6 Å². The Kier molecular flexibility index (Phi) is 4.05. The number of aromatic nitrogens is 1. The van der Waals surface area contributed by atoms with Crippen LogP contribution in [-0.4, -0.2) is 24.0 Å². The molecule has 2 rings (SSSR count). The van der Waals surface area contributed by atoms with Gasteiger partial charge in [0.1, 0.15) is 11.6 Å². The van der Waals surface area contributed by atoms with E-state index < -0.39 is 5.82 Å². The number of nitrogen functional groups attached to an aromatic ring is 2. The van der Waals surface area contributed by atoms with Gasteiger partial charge in [-0.15, -0.1) is 0 Å². The van der Waals surface area contributed by atoms with Crippen molar-refractivity contribution < 1.29 is 9.13 Å². The Labute approximate surface area is 117 Å². The number of hydrogen-bond donors (Lipinski definition) is 2. The second-order valence-corrected chi connectivity index (χ2v) is 4.70. The molecule has 6 heteroatoms. The van der Waals surface area contributed by atoms with E-state index in [1.807, 2.05) is 19.0 Å². The van der Waals surface area contributed by atoms with Crippen molar-refractivity contribution in [2.75, 3.05) is 25.6 Å². The molecule has 0 aliphatic heterocycles. The standard InChI is InChI=1S/C14H17FN4O/c1-19(2)8-10-12(5-6-18-14(10)17)20-13-4-3-9(16)7-11(13)15/h3-7H,8,16H2,1-2H3,(H2,17,18). The van der Waals surface area contributed by atoms with E-state index in [4.69, 9.17) is 16.2 Å². The molecular formula is C14H17FN4O. The lowest BCUT2D eigenvalue weighted by Gasteiger charge is -2.16. The van der Waals surface area contributed by atoms with Crippen molar-refractivity contribution in [2.24, 2.45) is 0 Å². The molecule has 0 aliphatic rings. The smallest absolute Gasteiger partial charge is 0.167 e. The largest absolute Gasteiger partial charge is 0.454 e. The molecule has 20 heavy (non-hydrogen) atoms. The summed E-state index contributed by atoms with van der Waals surface area (Å²) in [6.45, 7) is 0.547. The Hall–Kier alpha value is -2.34. The van der Waals surface area contributed by atoms with E-state index in [1.165, 1.54) is 18.3 Å². The first-order valence-electron chi connectivity index (χ1n) is 6.08. The monoisotopic (exact) mass is 276 g/mol. The first kappa shape index (κ1) is 14.1. The number of ether oxygens (including phenoxy) is 1. The van der Waals surface area contributed by atoms with Crippen molar-refractivity contribution in [1.82, 2.24) is 9.88 Å². The molecular weight excluding hydrogens is 259 g/mol. The van der Waals surface area contributed by atoms with Crippen molar-refractivity contribution in [3.8, 4) is 11.5 Å². The van der Waals surface area contributed by atoms with Gasteiger partial charge in [0.05, 0.1) is 5.56 Å². The van der Waals surface area contributed by atoms with Crippen LogP contribution in [0.25, 0.3) is 0 Å². The van der Waals surface area contributed by atoms with Crippen LogP contribution in [0.5, 0.6) is 11.5 Å². The molecule has 0 bridgehead atoms. The Bertz CT molecular complexity index is 616. The minimum absolute atomic E-state index is 0.102. The highest BCUT2D eigenvalue weighted by molar-refractivity contribution is 5.51. The van der Waals surface area contributed by atoms with Crippen molar-refractivity contribution >= 4 is 11.5 Å². The third-order valence-corrected chi connectivity index (χ3v) is 2.70. The summed E-state index contributed by atoms with van der Waals surface area (Å²) < 4.78 is 19.4. The molecule has 0 atom stereocenters. The number of hydrogen-bond acceptors (Lipinski definition) is 5. The van der Waals surface area contributed by atoms with Crippen LogP contribution in [0, 0.1) is 5.82 Å². The summed E-state index contributed by atoms with van der Waals surface area (Å²) in [5.41, 5.74) is 12.4. The predicted octanol–water partition coefficient (Wildman–Crippen LogP) is 2.24. The topological polar surface area (TPSA) is 77.4 Å². The highest BCUT2D eigenvalue weighted by atomic mass is 19.1. The minimum atomic E-state index is -0.517. The third kappa shape index (κ3) is 3.16. The second-order valence-electron chi connectivity index (χ2n) is 4.70. The zero-order valence-electron chi connectivity index (χ0n) is 11.4. The molecule has 106 valence electrons. The van der Waals surface area contributed by atoms with Gasteiger partial charge in [0.2, 0.25) is 0 Å². The van der Waals surface area contributed by atoms with Gasteiger partial charge >= 0.3 is 0 Å². The lowest BCUT2D eigenvalue weighted by atomic mass is 10.2. The van der Waals surface area contributed by atoms with Crippen LogP contribution in [0.15, 0.2) is 30.5 Å². The fraction of sp³-hybridized carbons (Fsp3) is 0.214. The first-order chi connectivity index (χ1) is 9.47. The summed E-state index contributed by atoms with van der Waals surface area (Å²) in [6, 6.07) is 5.94. The van der Waals surface area contributed by atoms with E-state index in [9.17, 15) is 4.39 Å². The molecule has 4 N–H and O–H groups in total. The summed E-state index contributed by atoms with van der Waals surface area (Å²) >= 11 is 0. The first-order valence-corrected chi connectivity index (χ1v) is 6.08. The lowest BCUT2D eigenvalue weighted by molar-refractivity contribution is 0.384. The average molecular weight is 276 g/mol. The number of anilines is 2.